The highest BCUT2D eigenvalue weighted by Crippen LogP contribution is 2.12. The van der Waals surface area contributed by atoms with Crippen molar-refractivity contribution in [1.82, 2.24) is 0 Å². The Balaban J connectivity index is 2.58. The molecule has 0 aliphatic carbocycles. The summed E-state index contributed by atoms with van der Waals surface area (Å²) in [6.07, 6.45) is 0. The van der Waals surface area contributed by atoms with E-state index < -0.39 is 12.0 Å². The lowest BCUT2D eigenvalue weighted by Gasteiger charge is -2.08. The first-order chi connectivity index (χ1) is 7.13. The monoisotopic (exact) mass is 206 g/mol. The molecule has 0 aliphatic rings. The highest BCUT2D eigenvalue weighted by Gasteiger charge is 2.11. The number of carboxylic acid groups (broad SMARTS) is 1. The van der Waals surface area contributed by atoms with Crippen molar-refractivity contribution >= 4 is 5.97 Å². The molecule has 1 rings (SSSR count). The van der Waals surface area contributed by atoms with Gasteiger partial charge >= 0.3 is 5.97 Å². The number of hydrogen-bond donors (Lipinski definition) is 2. The number of carboxylic acids is 1. The molecule has 15 heavy (non-hydrogen) atoms. The Bertz CT molecular complexity index is 398. The quantitative estimate of drug-likeness (QED) is 0.740. The van der Waals surface area contributed by atoms with Crippen LogP contribution in [-0.4, -0.2) is 23.7 Å². The molecule has 1 atom stereocenters. The number of rotatable bonds is 4. The van der Waals surface area contributed by atoms with Crippen LogP contribution in [0.2, 0.25) is 0 Å². The molecule has 0 heterocycles. The van der Waals surface area contributed by atoms with E-state index in [4.69, 9.17) is 20.8 Å². The maximum Gasteiger partial charge on any atom is 0.324 e. The molecule has 78 valence electrons. The van der Waals surface area contributed by atoms with Gasteiger partial charge in [0.25, 0.3) is 0 Å². The number of nitrogens with zero attached hydrogens (tertiary/aromatic N) is 1. The van der Waals surface area contributed by atoms with E-state index >= 15 is 0 Å². The van der Waals surface area contributed by atoms with Gasteiger partial charge in [-0.3, -0.25) is 4.79 Å². The topological polar surface area (TPSA) is 96.3 Å². The zero-order valence-electron chi connectivity index (χ0n) is 7.88. The van der Waals surface area contributed by atoms with E-state index in [9.17, 15) is 4.79 Å². The van der Waals surface area contributed by atoms with Crippen molar-refractivity contribution in [2.75, 3.05) is 6.61 Å². The summed E-state index contributed by atoms with van der Waals surface area (Å²) in [5, 5.41) is 17.1. The van der Waals surface area contributed by atoms with Crippen molar-refractivity contribution in [1.29, 1.82) is 5.26 Å². The highest BCUT2D eigenvalue weighted by molar-refractivity contribution is 5.73. The van der Waals surface area contributed by atoms with E-state index in [-0.39, 0.29) is 6.61 Å². The Morgan fingerprint density at radius 3 is 3.00 bits per heavy atom. The number of nitrogens with two attached hydrogens (primary N) is 1. The third-order valence-electron chi connectivity index (χ3n) is 1.71. The zero-order valence-corrected chi connectivity index (χ0v) is 7.88. The number of hydrogen-bond acceptors (Lipinski definition) is 4. The minimum absolute atomic E-state index is 0.121. The fraction of sp³-hybridized carbons (Fsp3) is 0.200. The van der Waals surface area contributed by atoms with Gasteiger partial charge in [0, 0.05) is 0 Å². The molecule has 0 amide bonds. The van der Waals surface area contributed by atoms with Gasteiger partial charge in [-0.2, -0.15) is 5.26 Å². The Morgan fingerprint density at radius 1 is 1.67 bits per heavy atom. The van der Waals surface area contributed by atoms with Gasteiger partial charge in [0.1, 0.15) is 18.4 Å². The SMILES string of the molecule is N#Cc1cccc(OC[C@H](N)C(=O)O)c1. The minimum Gasteiger partial charge on any atom is -0.491 e. The van der Waals surface area contributed by atoms with E-state index in [1.54, 1.807) is 18.2 Å². The number of nitriles is 1. The second kappa shape index (κ2) is 4.98. The third-order valence-corrected chi connectivity index (χ3v) is 1.71. The van der Waals surface area contributed by atoms with Crippen molar-refractivity contribution in [2.45, 2.75) is 6.04 Å². The molecule has 1 aromatic rings. The van der Waals surface area contributed by atoms with Crippen molar-refractivity contribution in [3.63, 3.8) is 0 Å². The highest BCUT2D eigenvalue weighted by atomic mass is 16.5. The minimum atomic E-state index is -1.12. The van der Waals surface area contributed by atoms with Crippen LogP contribution in [0.5, 0.6) is 5.75 Å². The molecule has 0 fully saturated rings. The fourth-order valence-electron chi connectivity index (χ4n) is 0.913. The Hall–Kier alpha value is -2.06. The Kier molecular flexibility index (Phi) is 3.66. The van der Waals surface area contributed by atoms with Crippen LogP contribution >= 0.6 is 0 Å². The van der Waals surface area contributed by atoms with Crippen LogP contribution in [0.1, 0.15) is 5.56 Å². The van der Waals surface area contributed by atoms with Crippen molar-refractivity contribution in [2.24, 2.45) is 5.73 Å². The Morgan fingerprint density at radius 2 is 2.40 bits per heavy atom. The first-order valence-corrected chi connectivity index (χ1v) is 4.25. The van der Waals surface area contributed by atoms with Crippen molar-refractivity contribution < 1.29 is 14.6 Å². The number of benzene rings is 1. The second-order valence-corrected chi connectivity index (χ2v) is 2.90. The lowest BCUT2D eigenvalue weighted by molar-refractivity contribution is -0.139. The van der Waals surface area contributed by atoms with Crippen LogP contribution in [0.15, 0.2) is 24.3 Å². The molecule has 0 unspecified atom stereocenters. The van der Waals surface area contributed by atoms with Gasteiger partial charge in [0.05, 0.1) is 11.6 Å². The lowest BCUT2D eigenvalue weighted by Crippen LogP contribution is -2.36. The van der Waals surface area contributed by atoms with Crippen LogP contribution in [-0.2, 0) is 4.79 Å². The summed E-state index contributed by atoms with van der Waals surface area (Å²) in [5.74, 6) is -0.683. The molecule has 0 aliphatic heterocycles. The molecule has 5 nitrogen and oxygen atoms in total. The number of aliphatic carboxylic acids is 1. The molecule has 0 spiro atoms. The van der Waals surface area contributed by atoms with Crippen LogP contribution in [0.3, 0.4) is 0 Å². The van der Waals surface area contributed by atoms with Gasteiger partial charge in [-0.25, -0.2) is 0 Å². The summed E-state index contributed by atoms with van der Waals surface area (Å²) in [6.45, 7) is -0.121. The van der Waals surface area contributed by atoms with Crippen LogP contribution < -0.4 is 10.5 Å². The summed E-state index contributed by atoms with van der Waals surface area (Å²) >= 11 is 0. The molecule has 0 bridgehead atoms. The molecule has 0 radical (unpaired) electrons. The molecule has 1 aromatic carbocycles. The van der Waals surface area contributed by atoms with E-state index in [0.29, 0.717) is 11.3 Å². The zero-order chi connectivity index (χ0) is 11.3. The molecular formula is C10H10N2O3. The number of ether oxygens (including phenoxy) is 1. The molecule has 0 aromatic heterocycles. The van der Waals surface area contributed by atoms with Crippen molar-refractivity contribution in [3.8, 4) is 11.8 Å². The van der Waals surface area contributed by atoms with E-state index in [1.165, 1.54) is 6.07 Å². The standard InChI is InChI=1S/C10H10N2O3/c11-5-7-2-1-3-8(4-7)15-6-9(12)10(13)14/h1-4,9H,6,12H2,(H,13,14)/t9-/m0/s1. The Labute approximate surface area is 86.7 Å². The smallest absolute Gasteiger partial charge is 0.324 e. The lowest BCUT2D eigenvalue weighted by atomic mass is 10.2. The molecule has 3 N–H and O–H groups in total. The summed E-state index contributed by atoms with van der Waals surface area (Å²) in [4.78, 5) is 10.4. The van der Waals surface area contributed by atoms with E-state index in [0.717, 1.165) is 0 Å². The third kappa shape index (κ3) is 3.29. The van der Waals surface area contributed by atoms with Gasteiger partial charge in [-0.1, -0.05) is 6.07 Å². The fourth-order valence-corrected chi connectivity index (χ4v) is 0.913. The van der Waals surface area contributed by atoms with Gasteiger partial charge in [-0.05, 0) is 18.2 Å². The van der Waals surface area contributed by atoms with Crippen LogP contribution in [0, 0.1) is 11.3 Å². The molecule has 5 heteroatoms. The van der Waals surface area contributed by atoms with Gasteiger partial charge in [0.15, 0.2) is 0 Å². The van der Waals surface area contributed by atoms with Gasteiger partial charge in [0.2, 0.25) is 0 Å². The largest absolute Gasteiger partial charge is 0.491 e. The summed E-state index contributed by atoms with van der Waals surface area (Å²) < 4.78 is 5.11. The summed E-state index contributed by atoms with van der Waals surface area (Å²) in [7, 11) is 0. The predicted molar refractivity (Wildman–Crippen MR) is 52.3 cm³/mol. The molecule has 0 saturated carbocycles. The maximum absolute atomic E-state index is 10.4. The first kappa shape index (κ1) is 11.0. The molecular weight excluding hydrogens is 196 g/mol. The second-order valence-electron chi connectivity index (χ2n) is 2.90. The summed E-state index contributed by atoms with van der Waals surface area (Å²) in [5.41, 5.74) is 5.70. The van der Waals surface area contributed by atoms with Crippen LogP contribution in [0.25, 0.3) is 0 Å². The predicted octanol–water partition coefficient (Wildman–Crippen LogP) is 0.349. The normalized spacial score (nSPS) is 11.5. The molecule has 0 saturated heterocycles. The maximum atomic E-state index is 10.4. The summed E-state index contributed by atoms with van der Waals surface area (Å²) in [6, 6.07) is 7.33. The van der Waals surface area contributed by atoms with E-state index in [1.807, 2.05) is 6.07 Å². The van der Waals surface area contributed by atoms with Crippen LogP contribution in [0.4, 0.5) is 0 Å². The average molecular weight is 206 g/mol. The first-order valence-electron chi connectivity index (χ1n) is 4.25. The average Bonchev–Trinajstić information content (AvgIpc) is 2.26. The van der Waals surface area contributed by atoms with E-state index in [2.05, 4.69) is 0 Å². The van der Waals surface area contributed by atoms with Gasteiger partial charge in [-0.15, -0.1) is 0 Å². The number of carbonyl (C=O) groups is 1. The van der Waals surface area contributed by atoms with Gasteiger partial charge < -0.3 is 15.6 Å². The van der Waals surface area contributed by atoms with Crippen molar-refractivity contribution in [3.05, 3.63) is 29.8 Å².